The van der Waals surface area contributed by atoms with Crippen LogP contribution < -0.4 is 20.5 Å². The maximum atomic E-state index is 12.4. The average molecular weight is 470 g/mol. The number of hydrazone groups is 1. The van der Waals surface area contributed by atoms with E-state index >= 15 is 0 Å². The van der Waals surface area contributed by atoms with Crippen LogP contribution >= 0.6 is 0 Å². The number of anilines is 1. The third kappa shape index (κ3) is 5.72. The minimum atomic E-state index is -0.553. The van der Waals surface area contributed by atoms with E-state index in [2.05, 4.69) is 25.5 Å². The molecular formula is C25H23N7O3. The minimum absolute atomic E-state index is 0.0649. The molecule has 0 radical (unpaired) electrons. The number of hydrogen-bond acceptors (Lipinski definition) is 8. The molecule has 0 saturated heterocycles. The zero-order chi connectivity index (χ0) is 24.5. The van der Waals surface area contributed by atoms with Gasteiger partial charge in [-0.2, -0.15) is 10.4 Å². The van der Waals surface area contributed by atoms with Crippen LogP contribution in [0, 0.1) is 11.3 Å². The summed E-state index contributed by atoms with van der Waals surface area (Å²) in [4.78, 5) is 23.4. The van der Waals surface area contributed by atoms with Crippen molar-refractivity contribution >= 4 is 12.2 Å². The number of nitriles is 1. The van der Waals surface area contributed by atoms with E-state index in [1.165, 1.54) is 0 Å². The first-order valence-electron chi connectivity index (χ1n) is 10.8. The topological polar surface area (TPSA) is 130 Å². The number of rotatable bonds is 10. The highest BCUT2D eigenvalue weighted by molar-refractivity contribution is 5.85. The van der Waals surface area contributed by atoms with Gasteiger partial charge in [-0.3, -0.25) is 9.78 Å². The molecule has 0 bridgehead atoms. The molecule has 2 heterocycles. The fourth-order valence-corrected chi connectivity index (χ4v) is 3.39. The molecule has 0 fully saturated rings. The van der Waals surface area contributed by atoms with Gasteiger partial charge in [0.1, 0.15) is 11.6 Å². The third-order valence-corrected chi connectivity index (χ3v) is 5.05. The molecule has 10 nitrogen and oxygen atoms in total. The standard InChI is InChI=1S/C25H23N7O3/c1-34-21-10-5-9-19(23(21)35-14-6-12-32-13-11-27-17-32)16-28-31-25-29-22(18-7-3-2-4-8-18)20(15-26)24(33)30-25/h2-5,7-11,13,16-17H,6,12,14H2,1H3,(H2,29,30,31,33). The fourth-order valence-electron chi connectivity index (χ4n) is 3.39. The predicted molar refractivity (Wildman–Crippen MR) is 132 cm³/mol. The lowest BCUT2D eigenvalue weighted by molar-refractivity contribution is 0.282. The normalized spacial score (nSPS) is 10.7. The molecular weight excluding hydrogens is 446 g/mol. The molecule has 2 aromatic carbocycles. The fraction of sp³-hybridized carbons (Fsp3) is 0.160. The van der Waals surface area contributed by atoms with E-state index in [-0.39, 0.29) is 17.2 Å². The molecule has 0 amide bonds. The van der Waals surface area contributed by atoms with Crippen molar-refractivity contribution in [2.24, 2.45) is 5.10 Å². The molecule has 176 valence electrons. The van der Waals surface area contributed by atoms with Gasteiger partial charge in [0.15, 0.2) is 11.5 Å². The van der Waals surface area contributed by atoms with Gasteiger partial charge < -0.3 is 14.0 Å². The summed E-state index contributed by atoms with van der Waals surface area (Å²) in [5.41, 5.74) is 3.72. The largest absolute Gasteiger partial charge is 0.493 e. The van der Waals surface area contributed by atoms with Crippen LogP contribution in [0.25, 0.3) is 11.3 Å². The van der Waals surface area contributed by atoms with Crippen molar-refractivity contribution in [3.8, 4) is 28.8 Å². The molecule has 2 N–H and O–H groups in total. The van der Waals surface area contributed by atoms with Crippen molar-refractivity contribution in [1.29, 1.82) is 5.26 Å². The Morgan fingerprint density at radius 1 is 1.23 bits per heavy atom. The number of hydrogen-bond donors (Lipinski definition) is 2. The van der Waals surface area contributed by atoms with E-state index in [0.29, 0.717) is 29.2 Å². The third-order valence-electron chi connectivity index (χ3n) is 5.05. The van der Waals surface area contributed by atoms with Gasteiger partial charge in [-0.15, -0.1) is 0 Å². The van der Waals surface area contributed by atoms with E-state index < -0.39 is 5.56 Å². The second kappa shape index (κ2) is 11.3. The Morgan fingerprint density at radius 3 is 2.83 bits per heavy atom. The smallest absolute Gasteiger partial charge is 0.270 e. The number of nitrogens with zero attached hydrogens (tertiary/aromatic N) is 5. The summed E-state index contributed by atoms with van der Waals surface area (Å²) in [6.07, 6.45) is 7.73. The molecule has 0 aliphatic carbocycles. The van der Waals surface area contributed by atoms with Gasteiger partial charge in [-0.25, -0.2) is 15.4 Å². The molecule has 0 aliphatic heterocycles. The highest BCUT2D eigenvalue weighted by Crippen LogP contribution is 2.30. The second-order valence-corrected chi connectivity index (χ2v) is 7.37. The molecule has 0 aliphatic rings. The highest BCUT2D eigenvalue weighted by Gasteiger charge is 2.13. The number of methoxy groups -OCH3 is 1. The van der Waals surface area contributed by atoms with Crippen LogP contribution in [0.3, 0.4) is 0 Å². The van der Waals surface area contributed by atoms with E-state index in [4.69, 9.17) is 9.47 Å². The van der Waals surface area contributed by atoms with Gasteiger partial charge in [0, 0.05) is 30.1 Å². The van der Waals surface area contributed by atoms with E-state index in [1.807, 2.05) is 53.2 Å². The van der Waals surface area contributed by atoms with Gasteiger partial charge in [-0.1, -0.05) is 36.4 Å². The number of aromatic nitrogens is 4. The van der Waals surface area contributed by atoms with Gasteiger partial charge in [-0.05, 0) is 18.6 Å². The monoisotopic (exact) mass is 469 g/mol. The van der Waals surface area contributed by atoms with Gasteiger partial charge in [0.05, 0.1) is 32.0 Å². The van der Waals surface area contributed by atoms with Crippen molar-refractivity contribution in [3.63, 3.8) is 0 Å². The van der Waals surface area contributed by atoms with E-state index in [0.717, 1.165) is 13.0 Å². The van der Waals surface area contributed by atoms with Crippen LogP contribution in [0.15, 0.2) is 77.1 Å². The van der Waals surface area contributed by atoms with Crippen molar-refractivity contribution < 1.29 is 9.47 Å². The lowest BCUT2D eigenvalue weighted by atomic mass is 10.1. The van der Waals surface area contributed by atoms with E-state index in [9.17, 15) is 10.1 Å². The van der Waals surface area contributed by atoms with Crippen molar-refractivity contribution in [3.05, 3.63) is 88.7 Å². The molecule has 35 heavy (non-hydrogen) atoms. The average Bonchev–Trinajstić information content (AvgIpc) is 3.41. The van der Waals surface area contributed by atoms with Crippen molar-refractivity contribution in [2.45, 2.75) is 13.0 Å². The predicted octanol–water partition coefficient (Wildman–Crippen LogP) is 3.43. The van der Waals surface area contributed by atoms with Crippen LogP contribution in [0.1, 0.15) is 17.5 Å². The highest BCUT2D eigenvalue weighted by atomic mass is 16.5. The van der Waals surface area contributed by atoms with Crippen LogP contribution in [-0.2, 0) is 6.54 Å². The molecule has 0 saturated carbocycles. The summed E-state index contributed by atoms with van der Waals surface area (Å²) >= 11 is 0. The van der Waals surface area contributed by atoms with Gasteiger partial charge in [0.25, 0.3) is 5.56 Å². The Kier molecular flexibility index (Phi) is 7.50. The Labute approximate surface area is 201 Å². The lowest BCUT2D eigenvalue weighted by Gasteiger charge is -2.13. The lowest BCUT2D eigenvalue weighted by Crippen LogP contribution is -2.16. The minimum Gasteiger partial charge on any atom is -0.493 e. The van der Waals surface area contributed by atoms with Gasteiger partial charge >= 0.3 is 0 Å². The first-order valence-corrected chi connectivity index (χ1v) is 10.8. The second-order valence-electron chi connectivity index (χ2n) is 7.37. The number of imidazole rings is 1. The summed E-state index contributed by atoms with van der Waals surface area (Å²) < 4.78 is 13.4. The number of aromatic amines is 1. The summed E-state index contributed by atoms with van der Waals surface area (Å²) in [6.45, 7) is 1.25. The Balaban J connectivity index is 1.51. The number of H-pyrrole nitrogens is 1. The first kappa shape index (κ1) is 23.3. The number of benzene rings is 2. The number of nitrogens with one attached hydrogen (secondary N) is 2. The zero-order valence-electron chi connectivity index (χ0n) is 19.0. The van der Waals surface area contributed by atoms with E-state index in [1.54, 1.807) is 38.0 Å². The van der Waals surface area contributed by atoms with Crippen LogP contribution in [-0.4, -0.2) is 39.5 Å². The number of aryl methyl sites for hydroxylation is 1. The van der Waals surface area contributed by atoms with Crippen LogP contribution in [0.5, 0.6) is 11.5 Å². The molecule has 4 rings (SSSR count). The SMILES string of the molecule is COc1cccc(C=NNc2nc(-c3ccccc3)c(C#N)c(=O)[nH]2)c1OCCCn1ccnc1. The Hall–Kier alpha value is -4.91. The molecule has 4 aromatic rings. The summed E-state index contributed by atoms with van der Waals surface area (Å²) in [7, 11) is 1.57. The summed E-state index contributed by atoms with van der Waals surface area (Å²) in [5.74, 6) is 1.24. The molecule has 0 unspecified atom stereocenters. The quantitative estimate of drug-likeness (QED) is 0.207. The molecule has 0 spiro atoms. The van der Waals surface area contributed by atoms with Gasteiger partial charge in [0.2, 0.25) is 5.95 Å². The van der Waals surface area contributed by atoms with Crippen LogP contribution in [0.2, 0.25) is 0 Å². The van der Waals surface area contributed by atoms with Crippen LogP contribution in [0.4, 0.5) is 5.95 Å². The van der Waals surface area contributed by atoms with Crippen molar-refractivity contribution in [1.82, 2.24) is 19.5 Å². The first-order chi connectivity index (χ1) is 17.2. The Bertz CT molecular complexity index is 1390. The zero-order valence-corrected chi connectivity index (χ0v) is 19.0. The maximum absolute atomic E-state index is 12.4. The maximum Gasteiger partial charge on any atom is 0.270 e. The Morgan fingerprint density at radius 2 is 2.09 bits per heavy atom. The van der Waals surface area contributed by atoms with Crippen molar-refractivity contribution in [2.75, 3.05) is 19.1 Å². The number of para-hydroxylation sites is 1. The molecule has 10 heteroatoms. The molecule has 2 aromatic heterocycles. The summed E-state index contributed by atoms with van der Waals surface area (Å²) in [5, 5.41) is 13.6. The number of ether oxygens (including phenoxy) is 2. The summed E-state index contributed by atoms with van der Waals surface area (Å²) in [6, 6.07) is 16.4. The molecule has 0 atom stereocenters.